The number of rotatable bonds is 3. The van der Waals surface area contributed by atoms with Gasteiger partial charge in [0.1, 0.15) is 0 Å². The minimum atomic E-state index is -0.426. The number of nitrogens with two attached hydrogens (primary N) is 1. The van der Waals surface area contributed by atoms with Crippen molar-refractivity contribution in [1.29, 1.82) is 0 Å². The van der Waals surface area contributed by atoms with E-state index in [0.29, 0.717) is 39.3 Å². The number of ether oxygens (including phenoxy) is 1. The Labute approximate surface area is 117 Å². The lowest BCUT2D eigenvalue weighted by Gasteiger charge is -2.27. The summed E-state index contributed by atoms with van der Waals surface area (Å²) in [5.74, 6) is 0.239. The van der Waals surface area contributed by atoms with E-state index in [1.807, 2.05) is 23.1 Å². The summed E-state index contributed by atoms with van der Waals surface area (Å²) in [4.78, 5) is 21.5. The lowest BCUT2D eigenvalue weighted by molar-refractivity contribution is 0.0675. The van der Waals surface area contributed by atoms with Crippen LogP contribution in [-0.4, -0.2) is 54.7 Å². The highest BCUT2D eigenvalue weighted by Crippen LogP contribution is 1.96. The number of aliphatic imine (C=N–C) groups is 1. The minimum Gasteiger partial charge on any atom is -0.378 e. The van der Waals surface area contributed by atoms with Gasteiger partial charge in [-0.05, 0) is 12.1 Å². The third-order valence-electron chi connectivity index (χ3n) is 2.93. The second-order valence-corrected chi connectivity index (χ2v) is 4.37. The smallest absolute Gasteiger partial charge is 0.344 e. The van der Waals surface area contributed by atoms with Gasteiger partial charge in [-0.1, -0.05) is 6.07 Å². The van der Waals surface area contributed by atoms with E-state index in [0.717, 1.165) is 5.69 Å². The quantitative estimate of drug-likeness (QED) is 0.598. The third kappa shape index (κ3) is 4.51. The second-order valence-electron chi connectivity index (χ2n) is 4.37. The van der Waals surface area contributed by atoms with Gasteiger partial charge in [0.25, 0.3) is 0 Å². The lowest BCUT2D eigenvalue weighted by Crippen LogP contribution is -2.45. The molecule has 0 aromatic carbocycles. The maximum atomic E-state index is 11.6. The summed E-state index contributed by atoms with van der Waals surface area (Å²) in [7, 11) is 0. The zero-order chi connectivity index (χ0) is 14.2. The van der Waals surface area contributed by atoms with Gasteiger partial charge in [-0.15, -0.1) is 0 Å². The van der Waals surface area contributed by atoms with Crippen LogP contribution in [-0.2, 0) is 11.2 Å². The van der Waals surface area contributed by atoms with E-state index in [4.69, 9.17) is 10.5 Å². The van der Waals surface area contributed by atoms with Crippen molar-refractivity contribution >= 4 is 12.0 Å². The first-order valence-corrected chi connectivity index (χ1v) is 6.60. The molecular formula is C13H19N5O2. The van der Waals surface area contributed by atoms with Crippen molar-refractivity contribution in [3.05, 3.63) is 30.1 Å². The summed E-state index contributed by atoms with van der Waals surface area (Å²) in [6.45, 7) is 3.03. The van der Waals surface area contributed by atoms with Crippen molar-refractivity contribution in [2.75, 3.05) is 32.8 Å². The minimum absolute atomic E-state index is 0.239. The molecule has 0 atom stereocenters. The van der Waals surface area contributed by atoms with Crippen molar-refractivity contribution < 1.29 is 9.53 Å². The molecule has 0 spiro atoms. The highest BCUT2D eigenvalue weighted by molar-refractivity contribution is 5.91. The summed E-state index contributed by atoms with van der Waals surface area (Å²) in [6, 6.07) is 5.26. The van der Waals surface area contributed by atoms with E-state index in [2.05, 4.69) is 15.3 Å². The van der Waals surface area contributed by atoms with Crippen molar-refractivity contribution in [3.63, 3.8) is 0 Å². The molecule has 7 nitrogen and oxygen atoms in total. The number of nitrogens with zero attached hydrogens (tertiary/aromatic N) is 3. The van der Waals surface area contributed by atoms with Crippen molar-refractivity contribution in [2.24, 2.45) is 10.7 Å². The Morgan fingerprint density at radius 2 is 2.25 bits per heavy atom. The van der Waals surface area contributed by atoms with Crippen LogP contribution in [0.3, 0.4) is 0 Å². The lowest BCUT2D eigenvalue weighted by atomic mass is 10.3. The number of pyridine rings is 1. The number of aromatic nitrogens is 1. The van der Waals surface area contributed by atoms with Crippen LogP contribution in [0.1, 0.15) is 5.69 Å². The molecule has 1 aliphatic rings. The fourth-order valence-corrected chi connectivity index (χ4v) is 1.85. The standard InChI is InChI=1S/C13H19N5O2/c14-12(18-7-9-20-10-8-18)17-13(19)16-6-4-11-3-1-2-5-15-11/h1-3,5H,4,6-10H2,(H3,14,16,17,19). The van der Waals surface area contributed by atoms with Gasteiger partial charge in [0.15, 0.2) is 0 Å². The number of morpholine rings is 1. The number of guanidine groups is 1. The van der Waals surface area contributed by atoms with E-state index in [-0.39, 0.29) is 5.96 Å². The first kappa shape index (κ1) is 14.3. The third-order valence-corrected chi connectivity index (χ3v) is 2.93. The normalized spacial score (nSPS) is 16.0. The van der Waals surface area contributed by atoms with Crippen LogP contribution in [0.25, 0.3) is 0 Å². The Morgan fingerprint density at radius 1 is 1.45 bits per heavy atom. The number of hydrogen-bond donors (Lipinski definition) is 2. The molecule has 2 heterocycles. The van der Waals surface area contributed by atoms with Gasteiger partial charge >= 0.3 is 6.03 Å². The highest BCUT2D eigenvalue weighted by atomic mass is 16.5. The molecule has 0 saturated carbocycles. The van der Waals surface area contributed by atoms with Crippen molar-refractivity contribution in [3.8, 4) is 0 Å². The Bertz CT molecular complexity index is 457. The maximum Gasteiger partial charge on any atom is 0.344 e. The molecule has 1 aromatic heterocycles. The maximum absolute atomic E-state index is 11.6. The summed E-state index contributed by atoms with van der Waals surface area (Å²) in [5, 5.41) is 2.70. The molecule has 2 rings (SSSR count). The molecular weight excluding hydrogens is 258 g/mol. The number of urea groups is 1. The second kappa shape index (κ2) is 7.44. The Balaban J connectivity index is 1.74. The van der Waals surface area contributed by atoms with Crippen molar-refractivity contribution in [2.45, 2.75) is 6.42 Å². The van der Waals surface area contributed by atoms with Crippen LogP contribution in [0.2, 0.25) is 0 Å². The van der Waals surface area contributed by atoms with Crippen LogP contribution < -0.4 is 11.1 Å². The molecule has 1 aliphatic heterocycles. The van der Waals surface area contributed by atoms with Crippen LogP contribution in [0.4, 0.5) is 4.79 Å². The zero-order valence-electron chi connectivity index (χ0n) is 11.3. The topological polar surface area (TPSA) is 92.8 Å². The number of carbonyl (C=O) groups is 1. The van der Waals surface area contributed by atoms with Crippen molar-refractivity contribution in [1.82, 2.24) is 15.2 Å². The monoisotopic (exact) mass is 277 g/mol. The molecule has 108 valence electrons. The SMILES string of the molecule is NC(=NC(=O)NCCc1ccccn1)N1CCOCC1. The predicted octanol–water partition coefficient (Wildman–Crippen LogP) is -0.0194. The Hall–Kier alpha value is -2.15. The number of amides is 2. The predicted molar refractivity (Wildman–Crippen MR) is 75.4 cm³/mol. The average Bonchev–Trinajstić information content (AvgIpc) is 2.49. The summed E-state index contributed by atoms with van der Waals surface area (Å²) in [6.07, 6.45) is 2.39. The first-order chi connectivity index (χ1) is 9.75. The summed E-state index contributed by atoms with van der Waals surface area (Å²) >= 11 is 0. The molecule has 0 radical (unpaired) electrons. The van der Waals surface area contributed by atoms with Crippen LogP contribution in [0, 0.1) is 0 Å². The Morgan fingerprint density at radius 3 is 2.95 bits per heavy atom. The van der Waals surface area contributed by atoms with E-state index < -0.39 is 6.03 Å². The highest BCUT2D eigenvalue weighted by Gasteiger charge is 2.13. The average molecular weight is 277 g/mol. The fourth-order valence-electron chi connectivity index (χ4n) is 1.85. The molecule has 7 heteroatoms. The van der Waals surface area contributed by atoms with E-state index in [1.165, 1.54) is 0 Å². The molecule has 1 saturated heterocycles. The van der Waals surface area contributed by atoms with Crippen LogP contribution in [0.15, 0.2) is 29.4 Å². The largest absolute Gasteiger partial charge is 0.378 e. The van der Waals surface area contributed by atoms with Gasteiger partial charge in [0.05, 0.1) is 13.2 Å². The molecule has 0 aliphatic carbocycles. The summed E-state index contributed by atoms with van der Waals surface area (Å²) in [5.41, 5.74) is 6.71. The molecule has 1 aromatic rings. The molecule has 1 fully saturated rings. The fraction of sp³-hybridized carbons (Fsp3) is 0.462. The number of hydrogen-bond acceptors (Lipinski definition) is 3. The van der Waals surface area contributed by atoms with Gasteiger partial charge in [0, 0.05) is 37.9 Å². The molecule has 3 N–H and O–H groups in total. The molecule has 2 amide bonds. The van der Waals surface area contributed by atoms with Gasteiger partial charge in [-0.3, -0.25) is 4.98 Å². The molecule has 0 unspecified atom stereocenters. The Kier molecular flexibility index (Phi) is 5.31. The van der Waals surface area contributed by atoms with Crippen LogP contribution in [0.5, 0.6) is 0 Å². The van der Waals surface area contributed by atoms with E-state index >= 15 is 0 Å². The number of carbonyl (C=O) groups excluding carboxylic acids is 1. The van der Waals surface area contributed by atoms with Gasteiger partial charge in [0.2, 0.25) is 5.96 Å². The zero-order valence-corrected chi connectivity index (χ0v) is 11.3. The number of nitrogens with one attached hydrogen (secondary N) is 1. The van der Waals surface area contributed by atoms with E-state index in [9.17, 15) is 4.79 Å². The van der Waals surface area contributed by atoms with Gasteiger partial charge in [-0.25, -0.2) is 4.79 Å². The van der Waals surface area contributed by atoms with Crippen LogP contribution >= 0.6 is 0 Å². The van der Waals surface area contributed by atoms with Gasteiger partial charge < -0.3 is 20.7 Å². The molecule has 0 bridgehead atoms. The van der Waals surface area contributed by atoms with E-state index in [1.54, 1.807) is 6.20 Å². The van der Waals surface area contributed by atoms with Gasteiger partial charge in [-0.2, -0.15) is 4.99 Å². The first-order valence-electron chi connectivity index (χ1n) is 6.60. The summed E-state index contributed by atoms with van der Waals surface area (Å²) < 4.78 is 5.21. The molecule has 20 heavy (non-hydrogen) atoms.